The average molecular weight is 324 g/mol. The molecule has 1 atom stereocenters. The normalized spacial score (nSPS) is 17.3. The molecule has 1 aromatic carbocycles. The fourth-order valence-corrected chi connectivity index (χ4v) is 2.51. The molecule has 0 radical (unpaired) electrons. The van der Waals surface area contributed by atoms with E-state index in [9.17, 15) is 14.4 Å². The van der Waals surface area contributed by atoms with E-state index in [1.807, 2.05) is 0 Å². The molecule has 1 aliphatic heterocycles. The number of amides is 1. The smallest absolute Gasteiger partial charge is 0.308 e. The van der Waals surface area contributed by atoms with Gasteiger partial charge in [0.2, 0.25) is 5.43 Å². The zero-order valence-corrected chi connectivity index (χ0v) is 12.3. The Bertz CT molecular complexity index is 789. The monoisotopic (exact) mass is 323 g/mol. The van der Waals surface area contributed by atoms with Crippen LogP contribution < -0.4 is 5.43 Å². The van der Waals surface area contributed by atoms with Crippen molar-refractivity contribution in [2.75, 3.05) is 13.1 Å². The number of nitrogens with one attached hydrogen (secondary N) is 1. The van der Waals surface area contributed by atoms with Gasteiger partial charge in [0.25, 0.3) is 5.91 Å². The summed E-state index contributed by atoms with van der Waals surface area (Å²) in [6.07, 6.45) is 0.395. The Morgan fingerprint density at radius 1 is 1.32 bits per heavy atom. The molecule has 1 amide bonds. The second-order valence-corrected chi connectivity index (χ2v) is 5.02. The highest BCUT2D eigenvalue weighted by atomic mass is 35.5. The second-order valence-electron chi connectivity index (χ2n) is 5.02. The van der Waals surface area contributed by atoms with Crippen LogP contribution in [0.25, 0.3) is 10.9 Å². The lowest BCUT2D eigenvalue weighted by Gasteiger charge is -2.14. The second kappa shape index (κ2) is 6.15. The van der Waals surface area contributed by atoms with Crippen molar-refractivity contribution < 1.29 is 14.7 Å². The van der Waals surface area contributed by atoms with E-state index in [-0.39, 0.29) is 24.6 Å². The summed E-state index contributed by atoms with van der Waals surface area (Å²) in [7, 11) is 0. The predicted molar refractivity (Wildman–Crippen MR) is 81.3 cm³/mol. The number of carbonyl (C=O) groups is 2. The highest BCUT2D eigenvalue weighted by molar-refractivity contribution is 5.95. The first-order valence-electron chi connectivity index (χ1n) is 6.57. The number of aromatic amines is 1. The summed E-state index contributed by atoms with van der Waals surface area (Å²) in [6, 6.07) is 6.80. The van der Waals surface area contributed by atoms with Crippen LogP contribution in [0.2, 0.25) is 0 Å². The van der Waals surface area contributed by atoms with Crippen molar-refractivity contribution in [3.05, 3.63) is 40.2 Å². The summed E-state index contributed by atoms with van der Waals surface area (Å²) in [5.41, 5.74) is -0.0725. The van der Waals surface area contributed by atoms with Crippen LogP contribution in [-0.4, -0.2) is 45.2 Å². The van der Waals surface area contributed by atoms with Gasteiger partial charge in [0.05, 0.1) is 11.4 Å². The molecule has 116 valence electrons. The van der Waals surface area contributed by atoms with Crippen molar-refractivity contribution in [3.8, 4) is 0 Å². The van der Waals surface area contributed by atoms with Gasteiger partial charge in [-0.15, -0.1) is 12.4 Å². The number of likely N-dealkylation sites (tertiary alicyclic amines) is 1. The number of rotatable bonds is 2. The highest BCUT2D eigenvalue weighted by Crippen LogP contribution is 2.18. The molecule has 0 spiro atoms. The molecule has 3 rings (SSSR count). The molecule has 1 unspecified atom stereocenters. The van der Waals surface area contributed by atoms with Gasteiger partial charge in [-0.2, -0.15) is 5.10 Å². The molecule has 7 nitrogen and oxygen atoms in total. The van der Waals surface area contributed by atoms with Crippen molar-refractivity contribution in [2.45, 2.75) is 6.42 Å². The van der Waals surface area contributed by atoms with E-state index in [1.165, 1.54) is 4.90 Å². The largest absolute Gasteiger partial charge is 0.481 e. The number of halogens is 1. The van der Waals surface area contributed by atoms with Gasteiger partial charge in [0, 0.05) is 18.5 Å². The number of hydrogen-bond acceptors (Lipinski definition) is 4. The first-order chi connectivity index (χ1) is 10.1. The van der Waals surface area contributed by atoms with E-state index in [1.54, 1.807) is 24.3 Å². The third kappa shape index (κ3) is 2.67. The van der Waals surface area contributed by atoms with Gasteiger partial charge in [0.15, 0.2) is 5.69 Å². The quantitative estimate of drug-likeness (QED) is 0.854. The molecule has 1 saturated heterocycles. The first kappa shape index (κ1) is 16.0. The summed E-state index contributed by atoms with van der Waals surface area (Å²) < 4.78 is 0. The molecule has 22 heavy (non-hydrogen) atoms. The summed E-state index contributed by atoms with van der Waals surface area (Å²) in [5, 5.41) is 15.9. The maximum Gasteiger partial charge on any atom is 0.308 e. The van der Waals surface area contributed by atoms with Crippen molar-refractivity contribution >= 4 is 35.2 Å². The van der Waals surface area contributed by atoms with Crippen LogP contribution in [0.1, 0.15) is 16.9 Å². The SMILES string of the molecule is Cl.O=C(O)C1CCN(C(=O)c2n[nH]c3ccccc3c2=O)C1. The van der Waals surface area contributed by atoms with Gasteiger partial charge in [-0.3, -0.25) is 19.5 Å². The molecule has 2 N–H and O–H groups in total. The van der Waals surface area contributed by atoms with E-state index in [0.717, 1.165) is 0 Å². The lowest BCUT2D eigenvalue weighted by molar-refractivity contribution is -0.141. The third-order valence-corrected chi connectivity index (χ3v) is 3.70. The highest BCUT2D eigenvalue weighted by Gasteiger charge is 2.32. The molecule has 1 fully saturated rings. The Hall–Kier alpha value is -2.41. The maximum absolute atomic E-state index is 12.3. The zero-order valence-electron chi connectivity index (χ0n) is 11.5. The minimum absolute atomic E-state index is 0. The zero-order chi connectivity index (χ0) is 15.0. The maximum atomic E-state index is 12.3. The van der Waals surface area contributed by atoms with Gasteiger partial charge in [-0.1, -0.05) is 12.1 Å². The fraction of sp³-hybridized carbons (Fsp3) is 0.286. The lowest BCUT2D eigenvalue weighted by Crippen LogP contribution is -2.34. The Kier molecular flexibility index (Phi) is 4.46. The number of carboxylic acids is 1. The molecule has 1 aromatic heterocycles. The third-order valence-electron chi connectivity index (χ3n) is 3.70. The van der Waals surface area contributed by atoms with E-state index < -0.39 is 23.2 Å². The van der Waals surface area contributed by atoms with Gasteiger partial charge in [0.1, 0.15) is 0 Å². The van der Waals surface area contributed by atoms with E-state index in [2.05, 4.69) is 10.2 Å². The number of para-hydroxylation sites is 1. The Morgan fingerprint density at radius 3 is 2.73 bits per heavy atom. The molecule has 0 aliphatic carbocycles. The van der Waals surface area contributed by atoms with Crippen LogP contribution in [0.5, 0.6) is 0 Å². The number of aromatic nitrogens is 2. The predicted octanol–water partition coefficient (Wildman–Crippen LogP) is 0.892. The number of benzene rings is 1. The number of hydrogen-bond donors (Lipinski definition) is 2. The molecule has 0 saturated carbocycles. The van der Waals surface area contributed by atoms with Crippen LogP contribution in [0.15, 0.2) is 29.1 Å². The molecule has 2 heterocycles. The van der Waals surface area contributed by atoms with Gasteiger partial charge < -0.3 is 10.0 Å². The molecule has 2 aromatic rings. The Balaban J connectivity index is 0.00000176. The first-order valence-corrected chi connectivity index (χ1v) is 6.57. The number of aliphatic carboxylic acids is 1. The molecule has 1 aliphatic rings. The van der Waals surface area contributed by atoms with Crippen LogP contribution in [-0.2, 0) is 4.79 Å². The number of nitrogens with zero attached hydrogens (tertiary/aromatic N) is 2. The minimum atomic E-state index is -0.925. The van der Waals surface area contributed by atoms with E-state index in [4.69, 9.17) is 5.11 Å². The molecule has 0 bridgehead atoms. The van der Waals surface area contributed by atoms with Crippen molar-refractivity contribution in [2.24, 2.45) is 5.92 Å². The van der Waals surface area contributed by atoms with Crippen LogP contribution in [0.3, 0.4) is 0 Å². The summed E-state index contributed by atoms with van der Waals surface area (Å²) in [4.78, 5) is 36.9. The number of fused-ring (bicyclic) bond motifs is 1. The summed E-state index contributed by atoms with van der Waals surface area (Å²) in [5.74, 6) is -2.02. The van der Waals surface area contributed by atoms with Crippen molar-refractivity contribution in [3.63, 3.8) is 0 Å². The topological polar surface area (TPSA) is 103 Å². The van der Waals surface area contributed by atoms with Crippen LogP contribution in [0.4, 0.5) is 0 Å². The van der Waals surface area contributed by atoms with Gasteiger partial charge in [-0.05, 0) is 18.6 Å². The summed E-state index contributed by atoms with van der Waals surface area (Å²) in [6.45, 7) is 0.436. The standard InChI is InChI=1S/C14H13N3O4.ClH/c18-12-9-3-1-2-4-10(9)15-16-11(12)13(19)17-6-5-8(7-17)14(20)21;/h1-4,8H,5-7H2,(H,15,18)(H,20,21);1H. The van der Waals surface area contributed by atoms with Crippen molar-refractivity contribution in [1.29, 1.82) is 0 Å². The fourth-order valence-electron chi connectivity index (χ4n) is 2.51. The van der Waals surface area contributed by atoms with Crippen LogP contribution in [0, 0.1) is 5.92 Å². The Labute approximate surface area is 131 Å². The van der Waals surface area contributed by atoms with Crippen molar-refractivity contribution in [1.82, 2.24) is 15.1 Å². The van der Waals surface area contributed by atoms with E-state index in [0.29, 0.717) is 23.9 Å². The minimum Gasteiger partial charge on any atom is -0.481 e. The van der Waals surface area contributed by atoms with Gasteiger partial charge in [-0.25, -0.2) is 0 Å². The van der Waals surface area contributed by atoms with Gasteiger partial charge >= 0.3 is 5.97 Å². The Morgan fingerprint density at radius 2 is 2.05 bits per heavy atom. The average Bonchev–Trinajstić information content (AvgIpc) is 2.97. The number of carbonyl (C=O) groups excluding carboxylic acids is 1. The lowest BCUT2D eigenvalue weighted by atomic mass is 10.1. The number of carboxylic acid groups (broad SMARTS) is 1. The number of H-pyrrole nitrogens is 1. The summed E-state index contributed by atoms with van der Waals surface area (Å²) >= 11 is 0. The molecule has 8 heteroatoms. The van der Waals surface area contributed by atoms with Crippen LogP contribution >= 0.6 is 12.4 Å². The van der Waals surface area contributed by atoms with E-state index >= 15 is 0 Å². The molecular formula is C14H14ClN3O4. The molecular weight excluding hydrogens is 310 g/mol.